The molecule has 7 nitrogen and oxygen atoms in total. The lowest BCUT2D eigenvalue weighted by Crippen LogP contribution is -2.08. The van der Waals surface area contributed by atoms with Gasteiger partial charge in [0, 0.05) is 12.6 Å². The van der Waals surface area contributed by atoms with Crippen LogP contribution in [-0.2, 0) is 0 Å². The van der Waals surface area contributed by atoms with Crippen LogP contribution in [0.15, 0.2) is 18.3 Å². The predicted octanol–water partition coefficient (Wildman–Crippen LogP) is 2.96. The molecule has 0 unspecified atom stereocenters. The van der Waals surface area contributed by atoms with Crippen molar-refractivity contribution in [1.29, 1.82) is 0 Å². The third-order valence-electron chi connectivity index (χ3n) is 2.66. The fraction of sp³-hybridized carbons (Fsp3) is 0.333. The molecule has 20 heavy (non-hydrogen) atoms. The highest BCUT2D eigenvalue weighted by molar-refractivity contribution is 6.31. The van der Waals surface area contributed by atoms with Gasteiger partial charge in [-0.15, -0.1) is 0 Å². The Morgan fingerprint density at radius 2 is 2.25 bits per heavy atom. The van der Waals surface area contributed by atoms with Crippen LogP contribution in [0.2, 0.25) is 5.02 Å². The van der Waals surface area contributed by atoms with E-state index in [1.165, 1.54) is 16.9 Å². The van der Waals surface area contributed by atoms with Crippen molar-refractivity contribution in [2.45, 2.75) is 20.3 Å². The number of hydrogen-bond acceptors (Lipinski definition) is 5. The number of hydrogen-bond donors (Lipinski definition) is 1. The van der Waals surface area contributed by atoms with E-state index in [0.29, 0.717) is 16.5 Å². The number of rotatable bonds is 5. The zero-order valence-corrected chi connectivity index (χ0v) is 11.9. The molecule has 2 heterocycles. The highest BCUT2D eigenvalue weighted by Gasteiger charge is 2.19. The van der Waals surface area contributed by atoms with Crippen LogP contribution >= 0.6 is 11.6 Å². The largest absolute Gasteiger partial charge is 0.370 e. The van der Waals surface area contributed by atoms with Gasteiger partial charge in [0.05, 0.1) is 21.8 Å². The fourth-order valence-corrected chi connectivity index (χ4v) is 1.78. The molecule has 0 amide bonds. The van der Waals surface area contributed by atoms with Crippen LogP contribution in [0.5, 0.6) is 0 Å². The minimum atomic E-state index is -0.489. The SMILES string of the molecule is CCCNc1ccc([N+](=O)[O-])c(-n2cc(Cl)c(C)n2)n1. The van der Waals surface area contributed by atoms with Crippen LogP contribution < -0.4 is 5.32 Å². The number of pyridine rings is 1. The molecule has 8 heteroatoms. The minimum absolute atomic E-state index is 0.119. The van der Waals surface area contributed by atoms with Crippen LogP contribution in [0.1, 0.15) is 19.0 Å². The van der Waals surface area contributed by atoms with Gasteiger partial charge in [0.25, 0.3) is 0 Å². The number of nitrogens with zero attached hydrogens (tertiary/aromatic N) is 4. The molecule has 0 saturated heterocycles. The van der Waals surface area contributed by atoms with Crippen molar-refractivity contribution in [3.05, 3.63) is 39.2 Å². The van der Waals surface area contributed by atoms with Gasteiger partial charge in [0.1, 0.15) is 5.82 Å². The van der Waals surface area contributed by atoms with Gasteiger partial charge in [-0.1, -0.05) is 18.5 Å². The average molecular weight is 296 g/mol. The number of nitrogens with one attached hydrogen (secondary N) is 1. The summed E-state index contributed by atoms with van der Waals surface area (Å²) in [5, 5.41) is 18.7. The predicted molar refractivity (Wildman–Crippen MR) is 76.5 cm³/mol. The molecule has 0 aliphatic carbocycles. The molecule has 0 aliphatic heterocycles. The van der Waals surface area contributed by atoms with Crippen LogP contribution in [0.25, 0.3) is 5.82 Å². The summed E-state index contributed by atoms with van der Waals surface area (Å²) in [5.41, 5.74) is 0.473. The summed E-state index contributed by atoms with van der Waals surface area (Å²) >= 11 is 5.94. The Kier molecular flexibility index (Phi) is 4.19. The van der Waals surface area contributed by atoms with E-state index in [4.69, 9.17) is 11.6 Å². The standard InChI is InChI=1S/C12H14ClN5O2/c1-3-6-14-11-5-4-10(18(19)20)12(15-11)17-7-9(13)8(2)16-17/h4-5,7H,3,6H2,1-2H3,(H,14,15). The third-order valence-corrected chi connectivity index (χ3v) is 3.03. The molecular formula is C12H14ClN5O2. The summed E-state index contributed by atoms with van der Waals surface area (Å²) in [6.07, 6.45) is 2.44. The Morgan fingerprint density at radius 3 is 2.80 bits per heavy atom. The van der Waals surface area contributed by atoms with Gasteiger partial charge >= 0.3 is 5.69 Å². The Morgan fingerprint density at radius 1 is 1.50 bits per heavy atom. The second-order valence-electron chi connectivity index (χ2n) is 4.23. The summed E-state index contributed by atoms with van der Waals surface area (Å²) in [7, 11) is 0. The van der Waals surface area contributed by atoms with Crippen molar-refractivity contribution in [2.75, 3.05) is 11.9 Å². The van der Waals surface area contributed by atoms with Crippen molar-refractivity contribution in [2.24, 2.45) is 0 Å². The zero-order valence-electron chi connectivity index (χ0n) is 11.1. The Labute approximate surface area is 120 Å². The van der Waals surface area contributed by atoms with Gasteiger partial charge in [0.2, 0.25) is 5.82 Å². The van der Waals surface area contributed by atoms with E-state index < -0.39 is 4.92 Å². The van der Waals surface area contributed by atoms with Crippen LogP contribution in [0.4, 0.5) is 11.5 Å². The van der Waals surface area contributed by atoms with E-state index >= 15 is 0 Å². The molecule has 1 N–H and O–H groups in total. The lowest BCUT2D eigenvalue weighted by atomic mass is 10.3. The molecule has 0 spiro atoms. The number of halogens is 1. The van der Waals surface area contributed by atoms with Crippen molar-refractivity contribution < 1.29 is 4.92 Å². The van der Waals surface area contributed by atoms with Crippen molar-refractivity contribution in [3.8, 4) is 5.82 Å². The first-order valence-electron chi connectivity index (χ1n) is 6.14. The second-order valence-corrected chi connectivity index (χ2v) is 4.64. The highest BCUT2D eigenvalue weighted by Crippen LogP contribution is 2.24. The summed E-state index contributed by atoms with van der Waals surface area (Å²) in [4.78, 5) is 14.8. The van der Waals surface area contributed by atoms with Gasteiger partial charge in [0.15, 0.2) is 0 Å². The second kappa shape index (κ2) is 5.87. The summed E-state index contributed by atoms with van der Waals surface area (Å²) < 4.78 is 1.33. The van der Waals surface area contributed by atoms with Gasteiger partial charge < -0.3 is 5.32 Å². The molecule has 0 aromatic carbocycles. The fourth-order valence-electron chi connectivity index (χ4n) is 1.65. The van der Waals surface area contributed by atoms with Crippen molar-refractivity contribution >= 4 is 23.1 Å². The summed E-state index contributed by atoms with van der Waals surface area (Å²) in [6, 6.07) is 2.99. The quantitative estimate of drug-likeness (QED) is 0.677. The maximum Gasteiger partial charge on any atom is 0.313 e. The molecule has 2 rings (SSSR count). The zero-order chi connectivity index (χ0) is 14.7. The van der Waals surface area contributed by atoms with E-state index in [0.717, 1.165) is 13.0 Å². The first kappa shape index (κ1) is 14.3. The van der Waals surface area contributed by atoms with E-state index in [1.807, 2.05) is 6.92 Å². The first-order valence-corrected chi connectivity index (χ1v) is 6.52. The normalized spacial score (nSPS) is 10.6. The van der Waals surface area contributed by atoms with E-state index in [1.54, 1.807) is 13.0 Å². The van der Waals surface area contributed by atoms with Crippen molar-refractivity contribution in [1.82, 2.24) is 14.8 Å². The smallest absolute Gasteiger partial charge is 0.313 e. The van der Waals surface area contributed by atoms with Gasteiger partial charge in [-0.05, 0) is 19.4 Å². The summed E-state index contributed by atoms with van der Waals surface area (Å²) in [6.45, 7) is 4.49. The molecule has 0 bridgehead atoms. The molecule has 0 saturated carbocycles. The van der Waals surface area contributed by atoms with Crippen LogP contribution in [0, 0.1) is 17.0 Å². The summed E-state index contributed by atoms with van der Waals surface area (Å²) in [5.74, 6) is 0.711. The van der Waals surface area contributed by atoms with Crippen LogP contribution in [-0.4, -0.2) is 26.2 Å². The molecule has 0 fully saturated rings. The number of aryl methyl sites for hydroxylation is 1. The van der Waals surface area contributed by atoms with Gasteiger partial charge in [-0.2, -0.15) is 5.10 Å². The minimum Gasteiger partial charge on any atom is -0.370 e. The number of anilines is 1. The molecule has 0 atom stereocenters. The van der Waals surface area contributed by atoms with E-state index in [2.05, 4.69) is 15.4 Å². The van der Waals surface area contributed by atoms with Crippen molar-refractivity contribution in [3.63, 3.8) is 0 Å². The maximum atomic E-state index is 11.1. The molecule has 2 aromatic heterocycles. The van der Waals surface area contributed by atoms with Crippen LogP contribution in [0.3, 0.4) is 0 Å². The average Bonchev–Trinajstić information content (AvgIpc) is 2.76. The van der Waals surface area contributed by atoms with E-state index in [9.17, 15) is 10.1 Å². The topological polar surface area (TPSA) is 85.9 Å². The molecular weight excluding hydrogens is 282 g/mol. The molecule has 106 valence electrons. The third kappa shape index (κ3) is 2.88. The lowest BCUT2D eigenvalue weighted by molar-refractivity contribution is -0.384. The maximum absolute atomic E-state index is 11.1. The Balaban J connectivity index is 2.49. The number of aromatic nitrogens is 3. The number of nitro groups is 1. The highest BCUT2D eigenvalue weighted by atomic mass is 35.5. The monoisotopic (exact) mass is 295 g/mol. The van der Waals surface area contributed by atoms with Gasteiger partial charge in [-0.25, -0.2) is 9.67 Å². The molecule has 0 radical (unpaired) electrons. The molecule has 2 aromatic rings. The van der Waals surface area contributed by atoms with E-state index in [-0.39, 0.29) is 11.5 Å². The Bertz CT molecular complexity index is 621. The Hall–Kier alpha value is -2.15. The molecule has 0 aliphatic rings. The first-order chi connectivity index (χ1) is 9.52. The lowest BCUT2D eigenvalue weighted by Gasteiger charge is -2.07. The van der Waals surface area contributed by atoms with Gasteiger partial charge in [-0.3, -0.25) is 10.1 Å².